The van der Waals surface area contributed by atoms with E-state index in [1.165, 1.54) is 90.7 Å². The molecular weight excluding hydrogens is 1660 g/mol. The Bertz CT molecular complexity index is 3870. The summed E-state index contributed by atoms with van der Waals surface area (Å²) in [6.45, 7) is 5.93. The van der Waals surface area contributed by atoms with Crippen molar-refractivity contribution < 1.29 is 167 Å². The Morgan fingerprint density at radius 2 is 0.699 bits per heavy atom. The van der Waals surface area contributed by atoms with Gasteiger partial charge >= 0.3 is 71.1 Å². The zero-order chi connectivity index (χ0) is 70.4. The predicted molar refractivity (Wildman–Crippen MR) is 396 cm³/mol. The maximum absolute atomic E-state index is 13.5. The van der Waals surface area contributed by atoms with E-state index in [4.69, 9.17) is 32.6 Å². The van der Waals surface area contributed by atoms with E-state index < -0.39 is 48.6 Å². The maximum atomic E-state index is 13.5. The average molecular weight is 1740 g/mol. The molecular formula is C70H84Br2N3Na2O16PS8Si+2. The number of thiophene rings is 8. The topological polar surface area (TPSA) is 250 Å². The largest absolute Gasteiger partial charge is 1.00 e. The standard InChI is InChI=1S/C19H23NO4PS2.C19H22NO4S2.C13H16O3S2Si.C10H8O3S2.C9H16NO2.2BrH.2Na/c1-20(2)12-9-11(10-13(20)17-16(12)23-17)22-18(21)19(24-25,14-5-3-7-26-14)15-6-4-8-27-15;1-20(2)12-9-11(10-13(20)17-16(12)24-17)23-18(21)19(22,14-5-3-7-25-14)15-6-4-8-26-15;1-19(2,3)16-13(12(14)15,10-6-4-8-17-10)11-7-5-9-18-11;11-9(12)10(13,7-3-1-5-14-7)8-4-2-6-15-8;1-10(2)6-3-5(11)4-7(10)9-8(6)12-9;;;;/h3-8,11-13,16-17H,9-10,25H2,1-2H3;3-8,11-13,16-17,22H,9-10H2,1-2H3;4-9H,1-3H3,(H,14,15);1-6,13H,(H,11,12);5-9,11H,3-4H2,1-2H3;2*1H;;/q2*+1;;;+1;;;2*+1/p-3. The molecule has 9 aliphatic rings. The number of quaternary nitrogens is 3. The second kappa shape index (κ2) is 33.5. The smallest absolute Gasteiger partial charge is 1.00 e. The van der Waals surface area contributed by atoms with E-state index in [9.17, 15) is 44.7 Å². The van der Waals surface area contributed by atoms with Gasteiger partial charge in [-0.15, -0.1) is 108 Å². The van der Waals surface area contributed by atoms with Gasteiger partial charge < -0.3 is 98.2 Å². The molecule has 17 rings (SSSR count). The van der Waals surface area contributed by atoms with E-state index in [1.54, 1.807) is 59.3 Å². The molecule has 0 aliphatic carbocycles. The minimum Gasteiger partial charge on any atom is -1.00 e. The van der Waals surface area contributed by atoms with Crippen molar-refractivity contribution in [3.05, 3.63) is 179 Å². The van der Waals surface area contributed by atoms with Crippen LogP contribution in [0.1, 0.15) is 77.5 Å². The molecule has 0 aromatic carbocycles. The van der Waals surface area contributed by atoms with Crippen LogP contribution in [0.25, 0.3) is 0 Å². The molecule has 13 atom stereocenters. The third-order valence-electron chi connectivity index (χ3n) is 21.5. The van der Waals surface area contributed by atoms with Gasteiger partial charge in [-0.25, -0.2) is 9.59 Å². The Labute approximate surface area is 701 Å². The minimum atomic E-state index is -2.08. The summed E-state index contributed by atoms with van der Waals surface area (Å²) >= 11 is 10.9. The molecule has 19 nitrogen and oxygen atoms in total. The summed E-state index contributed by atoms with van der Waals surface area (Å²) in [6.07, 6.45) is 7.08. The number of aliphatic carboxylic acids is 2. The first-order valence-corrected chi connectivity index (χ1v) is 43.8. The molecule has 9 saturated heterocycles. The van der Waals surface area contributed by atoms with Gasteiger partial charge in [0.2, 0.25) is 11.2 Å². The molecule has 9 aliphatic heterocycles. The number of carbonyl (C=O) groups excluding carboxylic acids is 4. The molecule has 3 N–H and O–H groups in total. The first-order valence-electron chi connectivity index (χ1n) is 32.9. The number of nitrogens with zero attached hydrogens (tertiary/aromatic N) is 3. The number of ether oxygens (including phenoxy) is 5. The number of aliphatic hydroxyl groups excluding tert-OH is 1. The van der Waals surface area contributed by atoms with Crippen molar-refractivity contribution in [3.63, 3.8) is 0 Å². The average Bonchev–Trinajstić information content (AvgIpc) is 1.55. The number of fused-ring (bicyclic) bond motifs is 15. The molecule has 0 saturated carbocycles. The van der Waals surface area contributed by atoms with Crippen molar-refractivity contribution in [2.45, 2.75) is 172 Å². The Kier molecular flexibility index (Phi) is 27.9. The fraction of sp³-hybridized carbons (Fsp3) is 0.486. The molecule has 0 radical (unpaired) electrons. The van der Waals surface area contributed by atoms with Crippen LogP contribution in [0.4, 0.5) is 0 Å². The van der Waals surface area contributed by atoms with Gasteiger partial charge in [0.25, 0.3) is 0 Å². The van der Waals surface area contributed by atoms with E-state index in [1.807, 2.05) is 100 Å². The Morgan fingerprint density at radius 1 is 0.447 bits per heavy atom. The molecule has 9 fully saturated rings. The number of piperidine rings is 3. The van der Waals surface area contributed by atoms with E-state index in [0.29, 0.717) is 102 Å². The molecule has 33 heteroatoms. The molecule has 17 heterocycles. The monoisotopic (exact) mass is 1740 g/mol. The van der Waals surface area contributed by atoms with Gasteiger partial charge in [-0.3, -0.25) is 0 Å². The summed E-state index contributed by atoms with van der Waals surface area (Å²) in [5.74, 6) is -3.57. The number of aliphatic hydroxyl groups is 3. The second-order valence-electron chi connectivity index (χ2n) is 29.1. The third-order valence-corrected chi connectivity index (χ3v) is 30.5. The number of carboxylic acids is 2. The van der Waals surface area contributed by atoms with E-state index in [-0.39, 0.29) is 117 Å². The SMILES string of the molecule is Br.C[N+]1(C)C2CC(O)CC1C1OC12.C[N+]1(C)C2CC(OC(=O)C(O)(c3cccs3)c3cccs3)CC1C1OC12.C[N+]1(C)C2CC(OC(=O)C(OP)(c3cccs3)c3cccs3)CC1C1OC12.C[Si](C)(C)OC(C(=O)[O-])(c1cccs1)c1cccs1.O=C([O-])C(O)(c1cccs1)c1cccs1.[Br-].[Na+].[Na+]. The van der Waals surface area contributed by atoms with E-state index in [0.717, 1.165) is 61.7 Å². The summed E-state index contributed by atoms with van der Waals surface area (Å²) in [5.41, 5.74) is -6.41. The Morgan fingerprint density at radius 3 is 0.942 bits per heavy atom. The van der Waals surface area contributed by atoms with Crippen LogP contribution in [-0.2, 0) is 74.2 Å². The third kappa shape index (κ3) is 16.2. The summed E-state index contributed by atoms with van der Waals surface area (Å²) < 4.78 is 44.1. The molecule has 546 valence electrons. The van der Waals surface area contributed by atoms with Crippen molar-refractivity contribution in [2.75, 3.05) is 42.3 Å². The summed E-state index contributed by atoms with van der Waals surface area (Å²) in [7, 11) is 13.8. The van der Waals surface area contributed by atoms with Crippen LogP contribution >= 0.6 is 117 Å². The van der Waals surface area contributed by atoms with Crippen LogP contribution < -0.4 is 86.3 Å². The van der Waals surface area contributed by atoms with Crippen LogP contribution in [0.3, 0.4) is 0 Å². The number of rotatable bonds is 17. The molecule has 0 spiro atoms. The minimum absolute atomic E-state index is 0. The number of carboxylic acid groups (broad SMARTS) is 2. The summed E-state index contributed by atoms with van der Waals surface area (Å²) in [6, 6.07) is 31.5. The first-order chi connectivity index (χ1) is 47.0. The van der Waals surface area contributed by atoms with Crippen molar-refractivity contribution in [3.8, 4) is 0 Å². The van der Waals surface area contributed by atoms with E-state index >= 15 is 0 Å². The second-order valence-corrected chi connectivity index (χ2v) is 41.4. The first kappa shape index (κ1) is 85.6. The van der Waals surface area contributed by atoms with Gasteiger partial charge in [0, 0.05) is 67.5 Å². The fourth-order valence-corrected chi connectivity index (χ4v) is 25.1. The van der Waals surface area contributed by atoms with Gasteiger partial charge in [-0.1, -0.05) is 48.5 Å². The van der Waals surface area contributed by atoms with Gasteiger partial charge in [0.15, 0.2) is 19.5 Å². The van der Waals surface area contributed by atoms with Crippen LogP contribution in [0, 0.1) is 0 Å². The normalized spacial score (nSPS) is 28.4. The number of carbonyl (C=O) groups is 4. The molecule has 8 aromatic heterocycles. The maximum Gasteiger partial charge on any atom is 1.00 e. The van der Waals surface area contributed by atoms with Crippen LogP contribution in [0.2, 0.25) is 19.6 Å². The fourth-order valence-electron chi connectivity index (χ4n) is 16.2. The van der Waals surface area contributed by atoms with Gasteiger partial charge in [-0.05, 0) is 111 Å². The van der Waals surface area contributed by atoms with Gasteiger partial charge in [-0.2, -0.15) is 0 Å². The van der Waals surface area contributed by atoms with Crippen molar-refractivity contribution in [1.29, 1.82) is 0 Å². The van der Waals surface area contributed by atoms with Crippen molar-refractivity contribution in [2.24, 2.45) is 0 Å². The number of likely N-dealkylation sites (N-methyl/N-ethyl adjacent to an activating group) is 3. The Hall–Kier alpha value is -1.35. The Balaban J connectivity index is 0.000000152. The predicted octanol–water partition coefficient (Wildman–Crippen LogP) is 0.281. The van der Waals surface area contributed by atoms with Crippen LogP contribution in [-0.4, -0.2) is 194 Å². The van der Waals surface area contributed by atoms with Crippen molar-refractivity contribution >= 4 is 149 Å². The summed E-state index contributed by atoms with van der Waals surface area (Å²) in [4.78, 5) is 54.5. The molecule has 13 unspecified atom stereocenters. The number of epoxide rings is 3. The zero-order valence-electron chi connectivity index (χ0n) is 58.9. The van der Waals surface area contributed by atoms with Crippen molar-refractivity contribution in [1.82, 2.24) is 0 Å². The number of halogens is 2. The summed E-state index contributed by atoms with van der Waals surface area (Å²) in [5, 5.41) is 68.9. The number of morpholine rings is 3. The molecule has 6 bridgehead atoms. The number of hydrogen-bond donors (Lipinski definition) is 3. The number of hydrogen-bond acceptors (Lipinski definition) is 24. The van der Waals surface area contributed by atoms with Crippen LogP contribution in [0.5, 0.6) is 0 Å². The molecule has 103 heavy (non-hydrogen) atoms. The van der Waals surface area contributed by atoms with Gasteiger partial charge in [0.05, 0.1) is 79.8 Å². The molecule has 8 aromatic rings. The zero-order valence-corrected chi connectivity index (χ0v) is 74.9. The number of esters is 2. The van der Waals surface area contributed by atoms with E-state index in [2.05, 4.69) is 51.8 Å². The van der Waals surface area contributed by atoms with Crippen LogP contribution in [0.15, 0.2) is 140 Å². The van der Waals surface area contributed by atoms with Gasteiger partial charge in [0.1, 0.15) is 85.1 Å². The molecule has 0 amide bonds. The quantitative estimate of drug-likeness (QED) is 0.0364.